The predicted molar refractivity (Wildman–Crippen MR) is 155 cm³/mol. The molecule has 2 heterocycles. The zero-order valence-electron chi connectivity index (χ0n) is 22.8. The monoisotopic (exact) mass is 557 g/mol. The van der Waals surface area contributed by atoms with Crippen molar-refractivity contribution in [3.8, 4) is 5.75 Å². The fourth-order valence-corrected chi connectivity index (χ4v) is 4.69. The first-order valence-electron chi connectivity index (χ1n) is 13.2. The van der Waals surface area contributed by atoms with Gasteiger partial charge in [0.05, 0.1) is 28.9 Å². The van der Waals surface area contributed by atoms with E-state index in [2.05, 4.69) is 20.3 Å². The maximum atomic E-state index is 14.8. The Morgan fingerprint density at radius 2 is 1.93 bits per heavy atom. The molecular formula is C30H29F2N7O2. The van der Waals surface area contributed by atoms with Crippen molar-refractivity contribution in [3.05, 3.63) is 99.9 Å². The molecule has 2 aromatic carbocycles. The molecule has 0 aliphatic heterocycles. The quantitative estimate of drug-likeness (QED) is 0.240. The topological polar surface area (TPSA) is 132 Å². The van der Waals surface area contributed by atoms with Gasteiger partial charge in [-0.15, -0.1) is 0 Å². The molecule has 9 nitrogen and oxygen atoms in total. The highest BCUT2D eigenvalue weighted by atomic mass is 19.1. The van der Waals surface area contributed by atoms with Gasteiger partial charge in [0.2, 0.25) is 0 Å². The third kappa shape index (κ3) is 5.43. The van der Waals surface area contributed by atoms with Crippen LogP contribution in [0.2, 0.25) is 0 Å². The van der Waals surface area contributed by atoms with Crippen LogP contribution in [0.15, 0.2) is 65.7 Å². The molecule has 0 saturated heterocycles. The van der Waals surface area contributed by atoms with E-state index in [1.165, 1.54) is 35.2 Å². The van der Waals surface area contributed by atoms with E-state index in [9.17, 15) is 13.6 Å². The zero-order chi connectivity index (χ0) is 29.3. The number of anilines is 2. The van der Waals surface area contributed by atoms with Gasteiger partial charge in [0.25, 0.3) is 5.56 Å². The number of halogens is 2. The Morgan fingerprint density at radius 3 is 2.63 bits per heavy atom. The van der Waals surface area contributed by atoms with Crippen LogP contribution in [-0.2, 0) is 0 Å². The van der Waals surface area contributed by atoms with E-state index in [1.807, 2.05) is 12.2 Å². The molecule has 0 radical (unpaired) electrons. The number of aromatic nitrogens is 4. The highest BCUT2D eigenvalue weighted by molar-refractivity contribution is 6.16. The lowest BCUT2D eigenvalue weighted by Gasteiger charge is -2.23. The summed E-state index contributed by atoms with van der Waals surface area (Å²) in [4.78, 5) is 26.6. The van der Waals surface area contributed by atoms with Crippen molar-refractivity contribution in [1.82, 2.24) is 19.5 Å². The van der Waals surface area contributed by atoms with E-state index in [1.54, 1.807) is 39.0 Å². The molecule has 11 heteroatoms. The van der Waals surface area contributed by atoms with E-state index in [4.69, 9.17) is 15.9 Å². The van der Waals surface area contributed by atoms with Crippen molar-refractivity contribution >= 4 is 33.9 Å². The molecule has 1 aliphatic rings. The zero-order valence-corrected chi connectivity index (χ0v) is 22.8. The van der Waals surface area contributed by atoms with Gasteiger partial charge in [-0.25, -0.2) is 23.7 Å². The highest BCUT2D eigenvalue weighted by Gasteiger charge is 2.24. The highest BCUT2D eigenvalue weighted by Crippen LogP contribution is 2.29. The summed E-state index contributed by atoms with van der Waals surface area (Å²) in [6.07, 6.45) is 8.21. The van der Waals surface area contributed by atoms with Crippen molar-refractivity contribution in [3.63, 3.8) is 0 Å². The Labute approximate surface area is 234 Å². The minimum absolute atomic E-state index is 0.00599. The Morgan fingerprint density at radius 1 is 1.12 bits per heavy atom. The van der Waals surface area contributed by atoms with Gasteiger partial charge in [0.15, 0.2) is 11.6 Å². The number of ether oxygens (including phenoxy) is 1. The summed E-state index contributed by atoms with van der Waals surface area (Å²) >= 11 is 0. The van der Waals surface area contributed by atoms with Crippen molar-refractivity contribution < 1.29 is 13.5 Å². The van der Waals surface area contributed by atoms with Gasteiger partial charge in [-0.3, -0.25) is 14.8 Å². The smallest absolute Gasteiger partial charge is 0.269 e. The molecule has 41 heavy (non-hydrogen) atoms. The first-order chi connectivity index (χ1) is 19.7. The molecule has 0 spiro atoms. The first kappa shape index (κ1) is 27.6. The van der Waals surface area contributed by atoms with E-state index in [-0.39, 0.29) is 51.2 Å². The number of hydrogen-bond donors (Lipinski definition) is 3. The molecule has 5 rings (SSSR count). The second-order valence-electron chi connectivity index (χ2n) is 9.89. The molecule has 1 unspecified atom stereocenters. The SMILES string of the molecule is CC(C)Oc1ccc(C(=N)c2c(N)ncnc2NC(C)c2nc3cccc(F)c3c(=O)n2C2=CCCC=C2)cc1F. The molecule has 0 saturated carbocycles. The van der Waals surface area contributed by atoms with Crippen molar-refractivity contribution in [2.24, 2.45) is 0 Å². The molecule has 0 fully saturated rings. The number of rotatable bonds is 8. The lowest BCUT2D eigenvalue weighted by atomic mass is 10.0. The minimum atomic E-state index is -0.661. The van der Waals surface area contributed by atoms with E-state index < -0.39 is 23.2 Å². The van der Waals surface area contributed by atoms with Crippen LogP contribution in [0.1, 0.15) is 56.6 Å². The lowest BCUT2D eigenvalue weighted by molar-refractivity contribution is 0.231. The van der Waals surface area contributed by atoms with E-state index in [0.717, 1.165) is 12.8 Å². The van der Waals surface area contributed by atoms with Crippen LogP contribution >= 0.6 is 0 Å². The molecular weight excluding hydrogens is 528 g/mol. The van der Waals surface area contributed by atoms with E-state index >= 15 is 0 Å². The molecule has 0 amide bonds. The number of nitrogens with one attached hydrogen (secondary N) is 2. The van der Waals surface area contributed by atoms with Gasteiger partial charge in [-0.05, 0) is 70.0 Å². The van der Waals surface area contributed by atoms with Crippen molar-refractivity contribution in [1.29, 1.82) is 5.41 Å². The average molecular weight is 558 g/mol. The second-order valence-corrected chi connectivity index (χ2v) is 9.89. The maximum Gasteiger partial charge on any atom is 0.269 e. The number of nitrogens with two attached hydrogens (primary N) is 1. The van der Waals surface area contributed by atoms with Crippen LogP contribution in [-0.4, -0.2) is 31.3 Å². The number of benzene rings is 2. The Balaban J connectivity index is 1.57. The fourth-order valence-electron chi connectivity index (χ4n) is 4.69. The molecule has 4 aromatic rings. The summed E-state index contributed by atoms with van der Waals surface area (Å²) in [7, 11) is 0. The summed E-state index contributed by atoms with van der Waals surface area (Å²) in [5, 5.41) is 11.9. The fraction of sp³-hybridized carbons (Fsp3) is 0.233. The van der Waals surface area contributed by atoms with Gasteiger partial charge < -0.3 is 15.8 Å². The summed E-state index contributed by atoms with van der Waals surface area (Å²) in [6.45, 7) is 5.34. The van der Waals surface area contributed by atoms with Crippen LogP contribution in [0.3, 0.4) is 0 Å². The molecule has 1 atom stereocenters. The molecule has 4 N–H and O–H groups in total. The van der Waals surface area contributed by atoms with Crippen LogP contribution in [0, 0.1) is 17.0 Å². The standard InChI is InChI=1S/C30H29F2N7O2/c1-16(2)41-23-13-12-18(14-21(23)32)26(33)25-27(34)35-15-36-28(25)37-17(3)29-38-22-11-7-10-20(31)24(22)30(40)39(29)19-8-5-4-6-9-19/h5,7-17,33H,4,6H2,1-3H3,(H3,34,35,36,37). The van der Waals surface area contributed by atoms with Gasteiger partial charge in [0, 0.05) is 11.3 Å². The van der Waals surface area contributed by atoms with Crippen LogP contribution < -0.4 is 21.3 Å². The average Bonchev–Trinajstić information content (AvgIpc) is 2.94. The van der Waals surface area contributed by atoms with Crippen LogP contribution in [0.4, 0.5) is 20.4 Å². The molecule has 1 aliphatic carbocycles. The Hall–Kier alpha value is -4.93. The molecule has 210 valence electrons. The number of fused-ring (bicyclic) bond motifs is 1. The number of hydrogen-bond acceptors (Lipinski definition) is 8. The lowest BCUT2D eigenvalue weighted by Crippen LogP contribution is -2.29. The minimum Gasteiger partial charge on any atom is -0.488 e. The first-order valence-corrected chi connectivity index (χ1v) is 13.2. The summed E-state index contributed by atoms with van der Waals surface area (Å²) in [6, 6.07) is 7.85. The number of nitrogens with zero attached hydrogens (tertiary/aromatic N) is 4. The second kappa shape index (κ2) is 11.3. The summed E-state index contributed by atoms with van der Waals surface area (Å²) in [5.41, 5.74) is 6.72. The number of allylic oxidation sites excluding steroid dienone is 4. The predicted octanol–water partition coefficient (Wildman–Crippen LogP) is 5.61. The summed E-state index contributed by atoms with van der Waals surface area (Å²) < 4.78 is 36.4. The van der Waals surface area contributed by atoms with E-state index in [0.29, 0.717) is 11.5 Å². The third-order valence-corrected chi connectivity index (χ3v) is 6.56. The maximum absolute atomic E-state index is 14.8. The Kier molecular flexibility index (Phi) is 7.60. The molecule has 2 aromatic heterocycles. The van der Waals surface area contributed by atoms with Gasteiger partial charge in [-0.1, -0.05) is 18.2 Å². The van der Waals surface area contributed by atoms with Gasteiger partial charge in [-0.2, -0.15) is 0 Å². The summed E-state index contributed by atoms with van der Waals surface area (Å²) in [5.74, 6) is -0.703. The normalized spacial score (nSPS) is 13.8. The number of nitrogen functional groups attached to an aromatic ring is 1. The third-order valence-electron chi connectivity index (χ3n) is 6.56. The van der Waals surface area contributed by atoms with Crippen molar-refractivity contribution in [2.75, 3.05) is 11.1 Å². The Bertz CT molecular complexity index is 1780. The molecule has 0 bridgehead atoms. The van der Waals surface area contributed by atoms with Gasteiger partial charge in [0.1, 0.15) is 35.0 Å². The van der Waals surface area contributed by atoms with Crippen LogP contribution in [0.5, 0.6) is 5.75 Å². The van der Waals surface area contributed by atoms with Crippen molar-refractivity contribution in [2.45, 2.75) is 45.8 Å². The largest absolute Gasteiger partial charge is 0.488 e. The van der Waals surface area contributed by atoms with Gasteiger partial charge >= 0.3 is 0 Å². The van der Waals surface area contributed by atoms with Crippen LogP contribution in [0.25, 0.3) is 16.6 Å².